The molecule has 2 atom stereocenters. The van der Waals surface area contributed by atoms with Crippen molar-refractivity contribution in [1.82, 2.24) is 0 Å². The van der Waals surface area contributed by atoms with Gasteiger partial charge in [-0.25, -0.2) is 4.39 Å². The van der Waals surface area contributed by atoms with Crippen LogP contribution < -0.4 is 0 Å². The lowest BCUT2D eigenvalue weighted by Crippen LogP contribution is -2.15. The molecule has 1 rings (SSSR count). The van der Waals surface area contributed by atoms with E-state index < -0.39 is 6.17 Å². The molecule has 0 amide bonds. The third-order valence-corrected chi connectivity index (χ3v) is 2.68. The van der Waals surface area contributed by atoms with Crippen molar-refractivity contribution in [2.24, 2.45) is 5.92 Å². The van der Waals surface area contributed by atoms with Crippen LogP contribution in [0.5, 0.6) is 0 Å². The first kappa shape index (κ1) is 9.02. The van der Waals surface area contributed by atoms with Gasteiger partial charge in [0, 0.05) is 0 Å². The van der Waals surface area contributed by atoms with E-state index in [2.05, 4.69) is 6.92 Å². The molecule has 1 fully saturated rings. The van der Waals surface area contributed by atoms with Gasteiger partial charge in [0.05, 0.1) is 0 Å². The molecule has 0 aromatic rings. The van der Waals surface area contributed by atoms with Gasteiger partial charge in [-0.15, -0.1) is 0 Å². The number of unbranched alkanes of at least 4 members (excludes halogenated alkanes) is 1. The minimum atomic E-state index is -0.481. The van der Waals surface area contributed by atoms with Crippen LogP contribution >= 0.6 is 0 Å². The maximum Gasteiger partial charge on any atom is 0.100 e. The topological polar surface area (TPSA) is 0 Å². The van der Waals surface area contributed by atoms with Crippen LogP contribution in [-0.4, -0.2) is 6.17 Å². The van der Waals surface area contributed by atoms with Crippen molar-refractivity contribution in [2.45, 2.75) is 58.0 Å². The van der Waals surface area contributed by atoms with E-state index in [0.717, 1.165) is 19.3 Å². The number of hydrogen-bond donors (Lipinski definition) is 0. The molecule has 0 aliphatic heterocycles. The third kappa shape index (κ3) is 3.22. The molecule has 0 bridgehead atoms. The summed E-state index contributed by atoms with van der Waals surface area (Å²) in [5.41, 5.74) is 0. The summed E-state index contributed by atoms with van der Waals surface area (Å²) in [5, 5.41) is 0. The van der Waals surface area contributed by atoms with Gasteiger partial charge in [0.2, 0.25) is 0 Å². The molecule has 0 aromatic carbocycles. The maximum atomic E-state index is 12.9. The highest BCUT2D eigenvalue weighted by Crippen LogP contribution is 2.29. The monoisotopic (exact) mass is 158 g/mol. The summed E-state index contributed by atoms with van der Waals surface area (Å²) in [7, 11) is 0. The van der Waals surface area contributed by atoms with Crippen molar-refractivity contribution >= 4 is 0 Å². The first-order chi connectivity index (χ1) is 5.33. The second kappa shape index (κ2) is 4.74. The molecular formula is C10H19F. The van der Waals surface area contributed by atoms with E-state index >= 15 is 0 Å². The largest absolute Gasteiger partial charge is 0.247 e. The van der Waals surface area contributed by atoms with Crippen LogP contribution in [0, 0.1) is 5.92 Å². The summed E-state index contributed by atoms with van der Waals surface area (Å²) in [5.74, 6) is 0.707. The molecular weight excluding hydrogens is 139 g/mol. The Kier molecular flexibility index (Phi) is 3.88. The van der Waals surface area contributed by atoms with Crippen LogP contribution in [0.2, 0.25) is 0 Å². The summed E-state index contributed by atoms with van der Waals surface area (Å²) < 4.78 is 12.9. The van der Waals surface area contributed by atoms with E-state index in [-0.39, 0.29) is 0 Å². The maximum absolute atomic E-state index is 12.9. The summed E-state index contributed by atoms with van der Waals surface area (Å²) in [6.07, 6.45) is 7.39. The number of rotatable bonds is 3. The van der Waals surface area contributed by atoms with E-state index in [4.69, 9.17) is 0 Å². The molecule has 0 saturated heterocycles. The van der Waals surface area contributed by atoms with Crippen LogP contribution in [0.3, 0.4) is 0 Å². The average molecular weight is 158 g/mol. The third-order valence-electron chi connectivity index (χ3n) is 2.68. The normalized spacial score (nSPS) is 32.2. The highest BCUT2D eigenvalue weighted by molar-refractivity contribution is 4.72. The van der Waals surface area contributed by atoms with Gasteiger partial charge in [-0.2, -0.15) is 0 Å². The zero-order chi connectivity index (χ0) is 8.10. The van der Waals surface area contributed by atoms with Gasteiger partial charge in [-0.3, -0.25) is 0 Å². The van der Waals surface area contributed by atoms with Gasteiger partial charge >= 0.3 is 0 Å². The van der Waals surface area contributed by atoms with Crippen molar-refractivity contribution in [3.63, 3.8) is 0 Å². The molecule has 0 heterocycles. The van der Waals surface area contributed by atoms with Crippen LogP contribution in [-0.2, 0) is 0 Å². The Hall–Kier alpha value is -0.0700. The number of alkyl halides is 1. The molecule has 11 heavy (non-hydrogen) atoms. The average Bonchev–Trinajstić information content (AvgIpc) is 2.01. The Morgan fingerprint density at radius 1 is 1.36 bits per heavy atom. The molecule has 0 N–H and O–H groups in total. The molecule has 0 radical (unpaired) electrons. The minimum absolute atomic E-state index is 0.481. The summed E-state index contributed by atoms with van der Waals surface area (Å²) in [6.45, 7) is 2.20. The zero-order valence-corrected chi connectivity index (χ0v) is 7.48. The van der Waals surface area contributed by atoms with Crippen LogP contribution in [0.1, 0.15) is 51.9 Å². The number of hydrogen-bond acceptors (Lipinski definition) is 0. The highest BCUT2D eigenvalue weighted by Gasteiger charge is 2.20. The first-order valence-corrected chi connectivity index (χ1v) is 4.97. The highest BCUT2D eigenvalue weighted by atomic mass is 19.1. The first-order valence-electron chi connectivity index (χ1n) is 4.97. The lowest BCUT2D eigenvalue weighted by Gasteiger charge is -2.24. The molecule has 1 aliphatic carbocycles. The predicted molar refractivity (Wildman–Crippen MR) is 46.4 cm³/mol. The smallest absolute Gasteiger partial charge is 0.100 e. The quantitative estimate of drug-likeness (QED) is 0.587. The Labute approximate surface area is 69.2 Å². The molecule has 0 aromatic heterocycles. The molecule has 0 spiro atoms. The van der Waals surface area contributed by atoms with Gasteiger partial charge < -0.3 is 0 Å². The van der Waals surface area contributed by atoms with Crippen molar-refractivity contribution in [3.8, 4) is 0 Å². The number of halogens is 1. The Bertz CT molecular complexity index is 101. The lowest BCUT2D eigenvalue weighted by molar-refractivity contribution is 0.190. The summed E-state index contributed by atoms with van der Waals surface area (Å²) in [6, 6.07) is 0. The van der Waals surface area contributed by atoms with Crippen molar-refractivity contribution < 1.29 is 4.39 Å². The molecule has 0 nitrogen and oxygen atoms in total. The molecule has 2 unspecified atom stereocenters. The van der Waals surface area contributed by atoms with E-state index in [1.807, 2.05) is 0 Å². The standard InChI is InChI=1S/C10H19F/c1-2-3-5-9-6-4-7-10(11)8-9/h9-10H,2-8H2,1H3. The van der Waals surface area contributed by atoms with Gasteiger partial charge in [-0.05, 0) is 18.8 Å². The zero-order valence-electron chi connectivity index (χ0n) is 7.48. The molecule has 1 aliphatic rings. The summed E-state index contributed by atoms with van der Waals surface area (Å²) >= 11 is 0. The van der Waals surface area contributed by atoms with Crippen molar-refractivity contribution in [1.29, 1.82) is 0 Å². The van der Waals surface area contributed by atoms with Gasteiger partial charge in [0.1, 0.15) is 6.17 Å². The second-order valence-electron chi connectivity index (χ2n) is 3.77. The Morgan fingerprint density at radius 3 is 2.82 bits per heavy atom. The molecule has 1 heteroatoms. The Balaban J connectivity index is 2.12. The van der Waals surface area contributed by atoms with Crippen LogP contribution in [0.15, 0.2) is 0 Å². The second-order valence-corrected chi connectivity index (χ2v) is 3.77. The van der Waals surface area contributed by atoms with E-state index in [1.54, 1.807) is 0 Å². The van der Waals surface area contributed by atoms with E-state index in [1.165, 1.54) is 25.7 Å². The SMILES string of the molecule is CCCCC1CCCC(F)C1. The van der Waals surface area contributed by atoms with E-state index in [0.29, 0.717) is 5.92 Å². The van der Waals surface area contributed by atoms with Crippen LogP contribution in [0.4, 0.5) is 4.39 Å². The van der Waals surface area contributed by atoms with Crippen LogP contribution in [0.25, 0.3) is 0 Å². The van der Waals surface area contributed by atoms with E-state index in [9.17, 15) is 4.39 Å². The fourth-order valence-electron chi connectivity index (χ4n) is 1.98. The molecule has 1 saturated carbocycles. The van der Waals surface area contributed by atoms with Crippen molar-refractivity contribution in [2.75, 3.05) is 0 Å². The Morgan fingerprint density at radius 2 is 2.18 bits per heavy atom. The fourth-order valence-corrected chi connectivity index (χ4v) is 1.98. The summed E-state index contributed by atoms with van der Waals surface area (Å²) in [4.78, 5) is 0. The molecule has 66 valence electrons. The van der Waals surface area contributed by atoms with Crippen molar-refractivity contribution in [3.05, 3.63) is 0 Å². The van der Waals surface area contributed by atoms with Gasteiger partial charge in [0.25, 0.3) is 0 Å². The minimum Gasteiger partial charge on any atom is -0.247 e. The lowest BCUT2D eigenvalue weighted by atomic mass is 9.85. The van der Waals surface area contributed by atoms with Gasteiger partial charge in [0.15, 0.2) is 0 Å². The van der Waals surface area contributed by atoms with Gasteiger partial charge in [-0.1, -0.05) is 39.0 Å². The predicted octanol–water partition coefficient (Wildman–Crippen LogP) is 3.70. The fraction of sp³-hybridized carbons (Fsp3) is 1.00.